The number of anilines is 1. The van der Waals surface area contributed by atoms with Gasteiger partial charge in [0.15, 0.2) is 17.5 Å². The van der Waals surface area contributed by atoms with E-state index >= 15 is 0 Å². The minimum absolute atomic E-state index is 0.0422. The number of nitrogens with one attached hydrogen (secondary N) is 1. The Hall–Kier alpha value is -3.30. The molecule has 0 bridgehead atoms. The first-order valence-electron chi connectivity index (χ1n) is 11.5. The van der Waals surface area contributed by atoms with Crippen molar-refractivity contribution in [1.82, 2.24) is 4.90 Å². The summed E-state index contributed by atoms with van der Waals surface area (Å²) < 4.78 is 16.4. The fourth-order valence-corrected chi connectivity index (χ4v) is 5.33. The first-order valence-corrected chi connectivity index (χ1v) is 11.9. The second-order valence-corrected chi connectivity index (χ2v) is 9.58. The molecule has 184 valence electrons. The van der Waals surface area contributed by atoms with E-state index in [1.54, 1.807) is 41.3 Å². The van der Waals surface area contributed by atoms with Gasteiger partial charge in [0.25, 0.3) is 5.91 Å². The molecule has 3 N–H and O–H groups in total. The number of guanidine groups is 1. The number of nitrogens with zero attached hydrogens (tertiary/aromatic N) is 2. The van der Waals surface area contributed by atoms with E-state index in [-0.39, 0.29) is 43.1 Å². The van der Waals surface area contributed by atoms with E-state index in [4.69, 9.17) is 36.5 Å². The van der Waals surface area contributed by atoms with Gasteiger partial charge >= 0.3 is 0 Å². The summed E-state index contributed by atoms with van der Waals surface area (Å²) in [5.74, 6) is 0.576. The van der Waals surface area contributed by atoms with Crippen molar-refractivity contribution in [1.29, 1.82) is 0 Å². The molecule has 0 spiro atoms. The van der Waals surface area contributed by atoms with Gasteiger partial charge in [-0.2, -0.15) is 0 Å². The molecule has 1 fully saturated rings. The Morgan fingerprint density at radius 3 is 2.83 bits per heavy atom. The summed E-state index contributed by atoms with van der Waals surface area (Å²) >= 11 is 6.76. The number of benzene rings is 2. The van der Waals surface area contributed by atoms with Crippen molar-refractivity contribution in [3.8, 4) is 11.5 Å². The van der Waals surface area contributed by atoms with Crippen LogP contribution in [0.1, 0.15) is 49.0 Å². The Morgan fingerprint density at radius 1 is 1.26 bits per heavy atom. The second kappa shape index (κ2) is 9.05. The molecule has 0 aromatic heterocycles. The van der Waals surface area contributed by atoms with Gasteiger partial charge in [0.05, 0.1) is 34.3 Å². The molecule has 2 amide bonds. The fraction of sp³-hybridized carbons (Fsp3) is 0.400. The first-order chi connectivity index (χ1) is 16.8. The zero-order chi connectivity index (χ0) is 24.7. The van der Waals surface area contributed by atoms with Crippen LogP contribution in [0.2, 0.25) is 5.02 Å². The van der Waals surface area contributed by atoms with Crippen molar-refractivity contribution in [2.24, 2.45) is 10.7 Å². The molecule has 0 unspecified atom stereocenters. The van der Waals surface area contributed by atoms with Crippen molar-refractivity contribution < 1.29 is 23.8 Å². The third-order valence-corrected chi connectivity index (χ3v) is 7.07. The minimum Gasteiger partial charge on any atom is -0.454 e. The van der Waals surface area contributed by atoms with E-state index in [1.807, 2.05) is 13.8 Å². The Kier molecular flexibility index (Phi) is 6.06. The first kappa shape index (κ1) is 23.4. The van der Waals surface area contributed by atoms with E-state index < -0.39 is 5.54 Å². The lowest BCUT2D eigenvalue weighted by Crippen LogP contribution is -2.56. The van der Waals surface area contributed by atoms with Gasteiger partial charge in [-0.3, -0.25) is 14.5 Å². The van der Waals surface area contributed by atoms with Crippen LogP contribution in [0, 0.1) is 0 Å². The molecule has 0 aliphatic carbocycles. The van der Waals surface area contributed by atoms with Crippen molar-refractivity contribution in [3.63, 3.8) is 0 Å². The lowest BCUT2D eigenvalue weighted by Gasteiger charge is -2.41. The smallest absolute Gasteiger partial charge is 0.259 e. The highest BCUT2D eigenvalue weighted by Gasteiger charge is 2.42. The third kappa shape index (κ3) is 4.30. The van der Waals surface area contributed by atoms with Gasteiger partial charge < -0.3 is 25.3 Å². The number of carbonyl (C=O) groups excluding carboxylic acids is 2. The van der Waals surface area contributed by atoms with Gasteiger partial charge in [-0.05, 0) is 44.9 Å². The van der Waals surface area contributed by atoms with E-state index in [9.17, 15) is 9.59 Å². The molecular weight excluding hydrogens is 472 g/mol. The van der Waals surface area contributed by atoms with Gasteiger partial charge in [-0.1, -0.05) is 29.8 Å². The number of rotatable bonds is 4. The van der Waals surface area contributed by atoms with Crippen molar-refractivity contribution in [2.45, 2.75) is 50.8 Å². The Labute approximate surface area is 208 Å². The zero-order valence-corrected chi connectivity index (χ0v) is 20.3. The summed E-state index contributed by atoms with van der Waals surface area (Å²) in [4.78, 5) is 32.6. The predicted octanol–water partition coefficient (Wildman–Crippen LogP) is 3.65. The van der Waals surface area contributed by atoms with Crippen molar-refractivity contribution in [3.05, 3.63) is 52.5 Å². The predicted molar refractivity (Wildman–Crippen MR) is 131 cm³/mol. The average Bonchev–Trinajstić information content (AvgIpc) is 3.29. The van der Waals surface area contributed by atoms with E-state index in [2.05, 4.69) is 5.32 Å². The molecule has 2 aromatic rings. The van der Waals surface area contributed by atoms with Crippen LogP contribution in [0.25, 0.3) is 0 Å². The maximum Gasteiger partial charge on any atom is 0.259 e. The maximum absolute atomic E-state index is 13.3. The number of amides is 2. The summed E-state index contributed by atoms with van der Waals surface area (Å²) in [6, 6.07) is 10.3. The lowest BCUT2D eigenvalue weighted by atomic mass is 9.86. The number of ether oxygens (including phenoxy) is 3. The number of hydrogen-bond donors (Lipinski definition) is 2. The molecule has 1 saturated heterocycles. The monoisotopic (exact) mass is 498 g/mol. The van der Waals surface area contributed by atoms with Crippen LogP contribution >= 0.6 is 11.6 Å². The maximum atomic E-state index is 13.3. The summed E-state index contributed by atoms with van der Waals surface area (Å²) in [7, 11) is 0. The lowest BCUT2D eigenvalue weighted by molar-refractivity contribution is -0.133. The second-order valence-electron chi connectivity index (χ2n) is 9.20. The van der Waals surface area contributed by atoms with Crippen LogP contribution in [0.15, 0.2) is 41.4 Å². The molecule has 3 atom stereocenters. The number of carbonyl (C=O) groups is 2. The topological polar surface area (TPSA) is 115 Å². The summed E-state index contributed by atoms with van der Waals surface area (Å²) in [6.45, 7) is 4.45. The molecule has 2 aromatic carbocycles. The molecular formula is C25H27ClN4O5. The summed E-state index contributed by atoms with van der Waals surface area (Å²) in [6.07, 6.45) is 1.58. The van der Waals surface area contributed by atoms with Crippen LogP contribution < -0.4 is 20.5 Å². The molecule has 3 aliphatic heterocycles. The normalized spacial score (nSPS) is 25.9. The van der Waals surface area contributed by atoms with E-state index in [0.717, 1.165) is 0 Å². The SMILES string of the molecule is C[C@@H]1C[C@H](N2C(=O)C[C@@](C)(c3cccc(NC(=O)c4cccc5c4OCO5)c3Cl)N=C2N)CCO1. The Balaban J connectivity index is 1.42. The summed E-state index contributed by atoms with van der Waals surface area (Å²) in [5, 5.41) is 3.14. The van der Waals surface area contributed by atoms with Gasteiger partial charge in [0, 0.05) is 18.2 Å². The van der Waals surface area contributed by atoms with Crippen LogP contribution in [-0.4, -0.2) is 48.2 Å². The van der Waals surface area contributed by atoms with Crippen LogP contribution in [0.3, 0.4) is 0 Å². The van der Waals surface area contributed by atoms with Crippen LogP contribution in [0.4, 0.5) is 5.69 Å². The van der Waals surface area contributed by atoms with Crippen LogP contribution in [0.5, 0.6) is 11.5 Å². The highest BCUT2D eigenvalue weighted by Crippen LogP contribution is 2.42. The Morgan fingerprint density at radius 2 is 2.06 bits per heavy atom. The van der Waals surface area contributed by atoms with Gasteiger partial charge in [-0.15, -0.1) is 0 Å². The molecule has 0 radical (unpaired) electrons. The number of halogens is 1. The number of nitrogens with two attached hydrogens (primary N) is 1. The summed E-state index contributed by atoms with van der Waals surface area (Å²) in [5.41, 5.74) is 6.69. The number of aliphatic imine (C=N–C) groups is 1. The van der Waals surface area contributed by atoms with Crippen LogP contribution in [-0.2, 0) is 15.1 Å². The van der Waals surface area contributed by atoms with Gasteiger partial charge in [0.2, 0.25) is 12.7 Å². The average molecular weight is 499 g/mol. The molecule has 5 rings (SSSR count). The van der Waals surface area contributed by atoms with E-state index in [1.165, 1.54) is 0 Å². The molecule has 0 saturated carbocycles. The molecule has 9 nitrogen and oxygen atoms in total. The minimum atomic E-state index is -0.975. The molecule has 3 aliphatic rings. The number of fused-ring (bicyclic) bond motifs is 1. The fourth-order valence-electron chi connectivity index (χ4n) is 4.95. The highest BCUT2D eigenvalue weighted by molar-refractivity contribution is 6.35. The largest absolute Gasteiger partial charge is 0.454 e. The standard InChI is InChI=1S/C25H27ClN4O5/c1-14-11-15(9-10-33-14)30-20(31)12-25(2,29-24(30)27)17-6-4-7-18(21(17)26)28-23(32)16-5-3-8-19-22(16)35-13-34-19/h3-8,14-15H,9-13H2,1-2H3,(H2,27,29)(H,28,32)/t14-,15-,25+/m1/s1. The van der Waals surface area contributed by atoms with Crippen molar-refractivity contribution in [2.75, 3.05) is 18.7 Å². The molecule has 35 heavy (non-hydrogen) atoms. The number of para-hydroxylation sites is 1. The molecule has 3 heterocycles. The zero-order valence-electron chi connectivity index (χ0n) is 19.5. The quantitative estimate of drug-likeness (QED) is 0.664. The number of hydrogen-bond acceptors (Lipinski definition) is 7. The van der Waals surface area contributed by atoms with Gasteiger partial charge in [-0.25, -0.2) is 4.99 Å². The van der Waals surface area contributed by atoms with Gasteiger partial charge in [0.1, 0.15) is 0 Å². The Bertz CT molecular complexity index is 1220. The van der Waals surface area contributed by atoms with E-state index in [0.29, 0.717) is 52.8 Å². The highest BCUT2D eigenvalue weighted by atomic mass is 35.5. The van der Waals surface area contributed by atoms with Crippen molar-refractivity contribution >= 4 is 35.1 Å². The molecule has 10 heteroatoms. The third-order valence-electron chi connectivity index (χ3n) is 6.66.